The summed E-state index contributed by atoms with van der Waals surface area (Å²) >= 11 is 0. The van der Waals surface area contributed by atoms with Crippen molar-refractivity contribution in [3.63, 3.8) is 0 Å². The zero-order valence-electron chi connectivity index (χ0n) is 58.8. The third-order valence-electron chi connectivity index (χ3n) is 17.5. The highest BCUT2D eigenvalue weighted by molar-refractivity contribution is 7.47. The van der Waals surface area contributed by atoms with E-state index in [1.807, 2.05) is 27.2 Å². The van der Waals surface area contributed by atoms with Crippen LogP contribution in [0, 0.1) is 0 Å². The number of allylic oxidation sites excluding steroid dienone is 9. The van der Waals surface area contributed by atoms with Crippen LogP contribution in [0.4, 0.5) is 0 Å². The number of unbranched alkanes of at least 4 members (excludes halogenated alkanes) is 50. The van der Waals surface area contributed by atoms with Crippen molar-refractivity contribution in [2.45, 2.75) is 392 Å². The molecule has 0 aromatic rings. The third kappa shape index (κ3) is 71.5. The second-order valence-corrected chi connectivity index (χ2v) is 28.8. The van der Waals surface area contributed by atoms with Crippen molar-refractivity contribution in [1.29, 1.82) is 0 Å². The number of nitrogens with zero attached hydrogens (tertiary/aromatic N) is 1. The Morgan fingerprint density at radius 1 is 0.402 bits per heavy atom. The summed E-state index contributed by atoms with van der Waals surface area (Å²) in [5, 5.41) is 14.0. The van der Waals surface area contributed by atoms with Gasteiger partial charge in [-0.05, 0) is 57.8 Å². The quantitative estimate of drug-likeness (QED) is 0.0243. The van der Waals surface area contributed by atoms with Gasteiger partial charge < -0.3 is 19.8 Å². The summed E-state index contributed by atoms with van der Waals surface area (Å²) in [6.45, 7) is 4.76. The molecule has 9 heteroatoms. The van der Waals surface area contributed by atoms with Crippen molar-refractivity contribution >= 4 is 13.7 Å². The Balaban J connectivity index is 3.96. The molecule has 0 aliphatic rings. The first kappa shape index (κ1) is 85.2. The van der Waals surface area contributed by atoms with Crippen molar-refractivity contribution in [3.05, 3.63) is 60.8 Å². The van der Waals surface area contributed by atoms with E-state index in [-0.39, 0.29) is 19.1 Å². The summed E-state index contributed by atoms with van der Waals surface area (Å²) in [6.07, 6.45) is 95.4. The molecule has 0 aliphatic carbocycles. The molecule has 87 heavy (non-hydrogen) atoms. The Morgan fingerprint density at radius 3 is 1.01 bits per heavy atom. The topological polar surface area (TPSA) is 105 Å². The zero-order valence-corrected chi connectivity index (χ0v) is 59.7. The Labute approximate surface area is 542 Å². The van der Waals surface area contributed by atoms with Crippen LogP contribution in [0.25, 0.3) is 0 Å². The Hall–Kier alpha value is -1.80. The Bertz CT molecular complexity index is 1600. The number of phosphoric ester groups is 1. The van der Waals surface area contributed by atoms with E-state index >= 15 is 0 Å². The molecule has 3 atom stereocenters. The van der Waals surface area contributed by atoms with Gasteiger partial charge in [-0.3, -0.25) is 13.8 Å². The molecule has 0 saturated carbocycles. The molecule has 8 nitrogen and oxygen atoms in total. The SMILES string of the molecule is CC/C=C\C/C=C\C/C=C\C/C=C\CCCCCCCCCCCCCCCCCCCCCCCCCCC(=O)NC(COP(=O)(O)OCC[N+](C)(C)C)C(O)/C=C/CCCCCCCCCCCCCCCCCCCCCCCCCCCC. The van der Waals surface area contributed by atoms with Crippen molar-refractivity contribution in [1.82, 2.24) is 5.32 Å². The fourth-order valence-electron chi connectivity index (χ4n) is 11.6. The predicted molar refractivity (Wildman–Crippen MR) is 383 cm³/mol. The lowest BCUT2D eigenvalue weighted by molar-refractivity contribution is -0.870. The fraction of sp³-hybridized carbons (Fsp3) is 0.859. The van der Waals surface area contributed by atoms with Crippen molar-refractivity contribution in [2.75, 3.05) is 40.9 Å². The number of quaternary nitrogens is 1. The number of rotatable bonds is 71. The summed E-state index contributed by atoms with van der Waals surface area (Å²) in [5.41, 5.74) is 0. The maximum absolute atomic E-state index is 13.1. The maximum Gasteiger partial charge on any atom is 0.472 e. The normalized spacial score (nSPS) is 13.9. The van der Waals surface area contributed by atoms with Gasteiger partial charge in [0.2, 0.25) is 5.91 Å². The first-order valence-corrected chi connectivity index (χ1v) is 39.7. The van der Waals surface area contributed by atoms with Crippen LogP contribution in [0.3, 0.4) is 0 Å². The van der Waals surface area contributed by atoms with Crippen molar-refractivity contribution in [2.24, 2.45) is 0 Å². The number of carbonyl (C=O) groups excluding carboxylic acids is 1. The third-order valence-corrected chi connectivity index (χ3v) is 18.5. The average Bonchev–Trinajstić information content (AvgIpc) is 3.70. The molecule has 0 rings (SSSR count). The summed E-state index contributed by atoms with van der Waals surface area (Å²) in [4.78, 5) is 23.5. The highest BCUT2D eigenvalue weighted by Gasteiger charge is 2.28. The van der Waals surface area contributed by atoms with Crippen LogP contribution < -0.4 is 5.32 Å². The standard InChI is InChI=1S/C78H149N2O6P/c1-6-8-10-12-14-16-18-20-22-24-26-28-30-32-34-36-37-38-39-40-41-42-43-44-46-48-50-52-54-56-58-60-62-64-66-68-70-72-78(82)79-76(75-86-87(83,84)85-74-73-80(3,4)5)77(81)71-69-67-65-63-61-59-57-55-53-51-49-47-45-35-33-31-29-27-25-23-21-19-17-15-13-11-9-7-2/h8,10,14,16,20,22,26,28,69,71,76-77,81H,6-7,9,11-13,15,17-19,21,23-25,27,29-68,70,72-75H2,1-5H3,(H-,79,82,83,84)/p+1/b10-8-,16-14-,22-20-,28-26-,71-69+. The lowest BCUT2D eigenvalue weighted by atomic mass is 10.0. The number of hydrogen-bond donors (Lipinski definition) is 3. The molecular formula is C78H150N2O6P+. The number of likely N-dealkylation sites (N-methyl/N-ethyl adjacent to an activating group) is 1. The smallest absolute Gasteiger partial charge is 0.387 e. The number of carbonyl (C=O) groups is 1. The number of aliphatic hydroxyl groups excluding tert-OH is 1. The van der Waals surface area contributed by atoms with E-state index in [9.17, 15) is 19.4 Å². The molecule has 0 aromatic heterocycles. The molecule has 0 aromatic carbocycles. The van der Waals surface area contributed by atoms with Gasteiger partial charge in [-0.15, -0.1) is 0 Å². The average molecular weight is 1240 g/mol. The first-order valence-electron chi connectivity index (χ1n) is 38.2. The Kier molecular flexibility index (Phi) is 67.1. The molecule has 3 N–H and O–H groups in total. The zero-order chi connectivity index (χ0) is 63.4. The van der Waals surface area contributed by atoms with Gasteiger partial charge in [0, 0.05) is 6.42 Å². The van der Waals surface area contributed by atoms with E-state index < -0.39 is 20.0 Å². The lowest BCUT2D eigenvalue weighted by Gasteiger charge is -2.25. The van der Waals surface area contributed by atoms with Gasteiger partial charge >= 0.3 is 7.82 Å². The minimum absolute atomic E-state index is 0.0631. The number of nitrogens with one attached hydrogen (secondary N) is 1. The van der Waals surface area contributed by atoms with Gasteiger partial charge in [-0.2, -0.15) is 0 Å². The summed E-state index contributed by atoms with van der Waals surface area (Å²) in [5.74, 6) is -0.169. The van der Waals surface area contributed by atoms with Crippen LogP contribution in [0.5, 0.6) is 0 Å². The fourth-order valence-corrected chi connectivity index (χ4v) is 12.4. The van der Waals surface area contributed by atoms with Gasteiger partial charge in [0.1, 0.15) is 13.2 Å². The molecule has 1 amide bonds. The van der Waals surface area contributed by atoms with Crippen LogP contribution in [-0.4, -0.2) is 73.4 Å². The van der Waals surface area contributed by atoms with Crippen LogP contribution in [0.1, 0.15) is 380 Å². The molecule has 3 unspecified atom stereocenters. The lowest BCUT2D eigenvalue weighted by Crippen LogP contribution is -2.45. The van der Waals surface area contributed by atoms with Gasteiger partial charge in [-0.1, -0.05) is 376 Å². The van der Waals surface area contributed by atoms with E-state index in [1.165, 1.54) is 302 Å². The number of hydrogen-bond acceptors (Lipinski definition) is 5. The Morgan fingerprint density at radius 2 is 0.690 bits per heavy atom. The van der Waals surface area contributed by atoms with E-state index in [0.717, 1.165) is 57.8 Å². The molecule has 0 fully saturated rings. The summed E-state index contributed by atoms with van der Waals surface area (Å²) in [7, 11) is 1.59. The number of aliphatic hydroxyl groups is 1. The largest absolute Gasteiger partial charge is 0.472 e. The second kappa shape index (κ2) is 68.6. The molecule has 0 bridgehead atoms. The second-order valence-electron chi connectivity index (χ2n) is 27.4. The van der Waals surface area contributed by atoms with Gasteiger partial charge in [-0.25, -0.2) is 4.57 Å². The first-order chi connectivity index (χ1) is 42.5. The highest BCUT2D eigenvalue weighted by atomic mass is 31.2. The van der Waals surface area contributed by atoms with E-state index in [0.29, 0.717) is 17.4 Å². The molecular weight excluding hydrogens is 1090 g/mol. The van der Waals surface area contributed by atoms with Crippen LogP contribution in [0.2, 0.25) is 0 Å². The van der Waals surface area contributed by atoms with Gasteiger partial charge in [0.15, 0.2) is 0 Å². The van der Waals surface area contributed by atoms with E-state index in [2.05, 4.69) is 67.8 Å². The molecule has 0 radical (unpaired) electrons. The number of phosphoric acid groups is 1. The predicted octanol–water partition coefficient (Wildman–Crippen LogP) is 24.7. The molecule has 512 valence electrons. The van der Waals surface area contributed by atoms with Crippen LogP contribution >= 0.6 is 7.82 Å². The van der Waals surface area contributed by atoms with Crippen molar-refractivity contribution < 1.29 is 32.9 Å². The van der Waals surface area contributed by atoms with Crippen molar-refractivity contribution in [3.8, 4) is 0 Å². The van der Waals surface area contributed by atoms with E-state index in [4.69, 9.17) is 9.05 Å². The van der Waals surface area contributed by atoms with E-state index in [1.54, 1.807) is 6.08 Å². The minimum Gasteiger partial charge on any atom is -0.387 e. The van der Waals surface area contributed by atoms with Gasteiger partial charge in [0.25, 0.3) is 0 Å². The molecule has 0 heterocycles. The number of amides is 1. The molecule has 0 aliphatic heterocycles. The minimum atomic E-state index is -4.36. The molecule has 0 spiro atoms. The monoisotopic (exact) mass is 1240 g/mol. The van der Waals surface area contributed by atoms with Crippen LogP contribution in [0.15, 0.2) is 60.8 Å². The highest BCUT2D eigenvalue weighted by Crippen LogP contribution is 2.43. The summed E-state index contributed by atoms with van der Waals surface area (Å²) < 4.78 is 23.9. The van der Waals surface area contributed by atoms with Crippen LogP contribution in [-0.2, 0) is 18.4 Å². The summed E-state index contributed by atoms with van der Waals surface area (Å²) in [6, 6.07) is -0.848. The maximum atomic E-state index is 13.1. The van der Waals surface area contributed by atoms with Gasteiger partial charge in [0.05, 0.1) is 39.9 Å². The molecule has 0 saturated heterocycles.